The Kier molecular flexibility index (Phi) is 3.72. The number of hydrogen-bond donors (Lipinski definition) is 1. The molecule has 0 aliphatic carbocycles. The van der Waals surface area contributed by atoms with Crippen LogP contribution in [-0.4, -0.2) is 4.66 Å². The van der Waals surface area contributed by atoms with Crippen molar-refractivity contribution in [3.8, 4) is 0 Å². The van der Waals surface area contributed by atoms with E-state index in [2.05, 4.69) is 72.8 Å². The molecule has 0 amide bonds. The number of fused-ring (bicyclic) bond motifs is 2. The summed E-state index contributed by atoms with van der Waals surface area (Å²) in [4.78, 5) is 0. The predicted octanol–water partition coefficient (Wildman–Crippen LogP) is 1.61. The van der Waals surface area contributed by atoms with Gasteiger partial charge in [0.2, 0.25) is 0 Å². The maximum atomic E-state index is 8.60. The molecular formula is C20H13ClO4. The van der Waals surface area contributed by atoms with Gasteiger partial charge in [0.15, 0.2) is 0 Å². The summed E-state index contributed by atoms with van der Waals surface area (Å²) in [5, 5.41) is 10.9. The zero-order valence-electron chi connectivity index (χ0n) is 13.0. The van der Waals surface area contributed by atoms with Gasteiger partial charge < -0.3 is 0 Å². The molecule has 0 radical (unpaired) electrons. The second-order valence-electron chi connectivity index (χ2n) is 5.81. The first-order valence-electron chi connectivity index (χ1n) is 7.61. The van der Waals surface area contributed by atoms with E-state index in [1.54, 1.807) is 0 Å². The largest absolute Gasteiger partial charge is 0.183 e. The van der Waals surface area contributed by atoms with E-state index in [4.69, 9.17) is 18.6 Å². The Morgan fingerprint density at radius 3 is 1.00 bits per heavy atom. The Hall–Kier alpha value is -2.47. The quantitative estimate of drug-likeness (QED) is 0.339. The van der Waals surface area contributed by atoms with Gasteiger partial charge in [-0.3, -0.25) is 0 Å². The minimum Gasteiger partial charge on any atom is -0.183 e. The van der Waals surface area contributed by atoms with Crippen LogP contribution in [-0.2, 0) is 0 Å². The first-order chi connectivity index (χ1) is 11.9. The van der Waals surface area contributed by atoms with E-state index in [0.717, 1.165) is 0 Å². The fourth-order valence-electron chi connectivity index (χ4n) is 3.58. The topological polar surface area (TPSA) is 89.4 Å². The molecule has 0 bridgehead atoms. The van der Waals surface area contributed by atoms with Crippen LogP contribution in [0.25, 0.3) is 43.1 Å². The van der Waals surface area contributed by atoms with Gasteiger partial charge in [0.05, 0.1) is 14.9 Å². The molecular weight excluding hydrogens is 340 g/mol. The van der Waals surface area contributed by atoms with Crippen molar-refractivity contribution in [3.05, 3.63) is 72.8 Å². The lowest BCUT2D eigenvalue weighted by atomic mass is 9.90. The molecule has 4 nitrogen and oxygen atoms in total. The molecule has 0 saturated heterocycles. The van der Waals surface area contributed by atoms with Gasteiger partial charge in [-0.2, -0.15) is 14.0 Å². The molecule has 0 atom stereocenters. The summed E-state index contributed by atoms with van der Waals surface area (Å²) in [5.41, 5.74) is 0. The summed E-state index contributed by atoms with van der Waals surface area (Å²) in [6.07, 6.45) is 0. The molecule has 0 unspecified atom stereocenters. The van der Waals surface area contributed by atoms with Gasteiger partial charge in [0.25, 0.3) is 0 Å². The summed E-state index contributed by atoms with van der Waals surface area (Å²) < 4.78 is 32.7. The summed E-state index contributed by atoms with van der Waals surface area (Å²) in [6.45, 7) is 0. The third kappa shape index (κ3) is 2.87. The number of benzene rings is 5. The minimum absolute atomic E-state index is 1.33. The molecule has 0 saturated carbocycles. The zero-order chi connectivity index (χ0) is 17.6. The molecule has 1 N–H and O–H groups in total. The van der Waals surface area contributed by atoms with Crippen molar-refractivity contribution in [2.45, 2.75) is 0 Å². The summed E-state index contributed by atoms with van der Waals surface area (Å²) in [5.74, 6) is 0. The molecule has 0 heterocycles. The molecule has 5 rings (SSSR count). The Bertz CT molecular complexity index is 1020. The molecule has 5 heteroatoms. The van der Waals surface area contributed by atoms with Crippen molar-refractivity contribution in [2.24, 2.45) is 0 Å². The van der Waals surface area contributed by atoms with E-state index in [9.17, 15) is 0 Å². The molecule has 25 heavy (non-hydrogen) atoms. The van der Waals surface area contributed by atoms with Gasteiger partial charge in [-0.25, -0.2) is 0 Å². The second kappa shape index (κ2) is 5.81. The minimum atomic E-state index is -4.69. The molecule has 0 aromatic heterocycles. The highest BCUT2D eigenvalue weighted by atomic mass is 35.7. The summed E-state index contributed by atoms with van der Waals surface area (Å²) in [6, 6.07) is 26.4. The number of hydrogen-bond acceptors (Lipinski definition) is 4. The lowest BCUT2D eigenvalue weighted by molar-refractivity contribution is -1.92. The average Bonchev–Trinajstić information content (AvgIpc) is 2.58. The van der Waals surface area contributed by atoms with Crippen LogP contribution in [0.4, 0.5) is 0 Å². The van der Waals surface area contributed by atoms with E-state index in [1.807, 2.05) is 0 Å². The van der Waals surface area contributed by atoms with Crippen molar-refractivity contribution >= 4 is 43.1 Å². The van der Waals surface area contributed by atoms with Crippen molar-refractivity contribution in [3.63, 3.8) is 0 Å². The molecule has 0 aliphatic rings. The fourth-order valence-corrected chi connectivity index (χ4v) is 3.58. The van der Waals surface area contributed by atoms with Crippen molar-refractivity contribution in [1.82, 2.24) is 0 Å². The lowest BCUT2D eigenvalue weighted by Gasteiger charge is -2.13. The van der Waals surface area contributed by atoms with E-state index in [-0.39, 0.29) is 0 Å². The van der Waals surface area contributed by atoms with Crippen LogP contribution in [0.5, 0.6) is 0 Å². The maximum Gasteiger partial charge on any atom is 0.0777 e. The van der Waals surface area contributed by atoms with Gasteiger partial charge in [-0.1, -0.05) is 72.8 Å². The third-order valence-electron chi connectivity index (χ3n) is 4.39. The van der Waals surface area contributed by atoms with Crippen molar-refractivity contribution < 1.29 is 28.9 Å². The number of rotatable bonds is 0. The standard InChI is InChI=1S/C20H12.ClHO4/c1-5-13-6-2-11-17-18-12-4-8-14-7-3-10-16(20(14)18)15(9-1)19(13)17;2-1(3,4)5/h1-12H;(H,2,3,4,5). The molecule has 0 fully saturated rings. The third-order valence-corrected chi connectivity index (χ3v) is 4.39. The molecule has 0 spiro atoms. The van der Waals surface area contributed by atoms with Gasteiger partial charge >= 0.3 is 0 Å². The number of halogens is 1. The first kappa shape index (κ1) is 16.0. The lowest BCUT2D eigenvalue weighted by Crippen LogP contribution is -2.58. The Morgan fingerprint density at radius 1 is 0.520 bits per heavy atom. The Balaban J connectivity index is 0.000000280. The average molecular weight is 353 g/mol. The van der Waals surface area contributed by atoms with E-state index < -0.39 is 10.2 Å². The molecule has 0 aliphatic heterocycles. The van der Waals surface area contributed by atoms with Crippen LogP contribution < -0.4 is 14.0 Å². The highest BCUT2D eigenvalue weighted by molar-refractivity contribution is 6.32. The van der Waals surface area contributed by atoms with Crippen molar-refractivity contribution in [1.29, 1.82) is 0 Å². The van der Waals surface area contributed by atoms with E-state index in [1.165, 1.54) is 43.1 Å². The second-order valence-corrected chi connectivity index (χ2v) is 6.61. The first-order valence-corrected chi connectivity index (χ1v) is 8.87. The summed E-state index contributed by atoms with van der Waals surface area (Å²) >= 11 is 0. The molecule has 5 aromatic rings. The summed E-state index contributed by atoms with van der Waals surface area (Å²) in [7, 11) is -4.69. The van der Waals surface area contributed by atoms with Crippen LogP contribution in [0.2, 0.25) is 0 Å². The van der Waals surface area contributed by atoms with Gasteiger partial charge in [0, 0.05) is 0 Å². The highest BCUT2D eigenvalue weighted by Gasteiger charge is 2.11. The Labute approximate surface area is 145 Å². The maximum absolute atomic E-state index is 8.60. The van der Waals surface area contributed by atoms with Crippen molar-refractivity contribution in [2.75, 3.05) is 0 Å². The van der Waals surface area contributed by atoms with E-state index >= 15 is 0 Å². The van der Waals surface area contributed by atoms with Crippen LogP contribution in [0, 0.1) is 10.2 Å². The van der Waals surface area contributed by atoms with E-state index in [0.29, 0.717) is 0 Å². The Morgan fingerprint density at radius 2 is 0.760 bits per heavy atom. The van der Waals surface area contributed by atoms with Crippen LogP contribution in [0.1, 0.15) is 0 Å². The van der Waals surface area contributed by atoms with Gasteiger partial charge in [-0.05, 0) is 43.1 Å². The smallest absolute Gasteiger partial charge is 0.0777 e. The molecule has 124 valence electrons. The SMILES string of the molecule is [O-][Cl+3]([O-])([O-])O.c1cc2cccc3c4cccc5cccc(c(c1)c23)c54. The normalized spacial score (nSPS) is 12.0. The van der Waals surface area contributed by atoms with Gasteiger partial charge in [-0.15, -0.1) is 0 Å². The van der Waals surface area contributed by atoms with Crippen LogP contribution >= 0.6 is 0 Å². The van der Waals surface area contributed by atoms with Crippen LogP contribution in [0.15, 0.2) is 72.8 Å². The monoisotopic (exact) mass is 352 g/mol. The predicted molar refractivity (Wildman–Crippen MR) is 89.9 cm³/mol. The highest BCUT2D eigenvalue weighted by Crippen LogP contribution is 2.39. The zero-order valence-corrected chi connectivity index (χ0v) is 13.7. The fraction of sp³-hybridized carbons (Fsp3) is 0. The van der Waals surface area contributed by atoms with Crippen LogP contribution in [0.3, 0.4) is 0 Å². The van der Waals surface area contributed by atoms with Gasteiger partial charge in [0.1, 0.15) is 0 Å². The molecule has 5 aromatic carbocycles.